The van der Waals surface area contributed by atoms with Gasteiger partial charge in [0.1, 0.15) is 44.7 Å². The van der Waals surface area contributed by atoms with E-state index in [-0.39, 0.29) is 6.71 Å². The van der Waals surface area contributed by atoms with Crippen molar-refractivity contribution in [3.63, 3.8) is 0 Å². The fraction of sp³-hybridized carbons (Fsp3) is 0.0217. The van der Waals surface area contributed by atoms with Crippen molar-refractivity contribution in [3.8, 4) is 44.5 Å². The predicted molar refractivity (Wildman–Crippen MR) is 415 cm³/mol. The van der Waals surface area contributed by atoms with E-state index in [9.17, 15) is 0 Å². The van der Waals surface area contributed by atoms with Crippen LogP contribution in [0.4, 0.5) is 51.2 Å². The van der Waals surface area contributed by atoms with E-state index in [0.29, 0.717) is 0 Å². The highest BCUT2D eigenvalue weighted by Gasteiger charge is 2.45. The van der Waals surface area contributed by atoms with Crippen LogP contribution in [0.5, 0.6) is 0 Å². The minimum Gasteiger partial charge on any atom is -0.455 e. The molecule has 6 heterocycles. The molecule has 4 aromatic heterocycles. The van der Waals surface area contributed by atoms with Gasteiger partial charge in [-0.3, -0.25) is 0 Å². The lowest BCUT2D eigenvalue weighted by atomic mass is 9.33. The molecule has 0 unspecified atom stereocenters. The summed E-state index contributed by atoms with van der Waals surface area (Å²) in [6, 6.07) is 115. The number of furan rings is 4. The molecule has 0 aliphatic carbocycles. The molecule has 2 aliphatic rings. The van der Waals surface area contributed by atoms with E-state index >= 15 is 0 Å². The summed E-state index contributed by atoms with van der Waals surface area (Å²) in [5.41, 5.74) is 30.2. The first-order chi connectivity index (χ1) is 49.4. The topological polar surface area (TPSA) is 62.3 Å². The summed E-state index contributed by atoms with van der Waals surface area (Å²) in [5, 5.41) is 8.69. The fourth-order valence-electron chi connectivity index (χ4n) is 16.5. The van der Waals surface area contributed by atoms with Crippen molar-refractivity contribution in [1.29, 1.82) is 0 Å². The van der Waals surface area contributed by atoms with E-state index in [1.165, 1.54) is 16.4 Å². The van der Waals surface area contributed by atoms with E-state index in [1.807, 2.05) is 24.3 Å². The van der Waals surface area contributed by atoms with Crippen LogP contribution in [-0.4, -0.2) is 6.71 Å². The Morgan fingerprint density at radius 2 is 0.590 bits per heavy atom. The molecule has 19 aromatic rings. The zero-order valence-corrected chi connectivity index (χ0v) is 54.6. The van der Waals surface area contributed by atoms with Crippen molar-refractivity contribution < 1.29 is 17.7 Å². The standard InChI is InChI=1S/C92H58BN3O4/c1-55-19-11-23-61(47-55)94(62-24-12-20-56(2)48-62)65-53-82-88-83(54-65)96(64-26-14-22-58(50-64)67-32-16-36-75-71-28-4-8-40-85(71)98-90(67)75)81-52-60(69-34-18-38-77-73-30-6-10-42-87(73)100-92(69)77)44-46-79(81)93(88)78-45-43-59(68-33-17-37-76-72-29-5-9-41-86(72)99-91(68)76)51-80(78)95(82)63-25-13-21-57(49-63)66-31-15-35-74-70-27-3-7-39-84(70)97-89(66)74/h3-54H,1-2H3. The van der Waals surface area contributed by atoms with E-state index in [0.717, 1.165) is 195 Å². The molecule has 2 aliphatic heterocycles. The molecule has 7 nitrogen and oxygen atoms in total. The van der Waals surface area contributed by atoms with Crippen LogP contribution in [0, 0.1) is 13.8 Å². The van der Waals surface area contributed by atoms with Gasteiger partial charge in [0.15, 0.2) is 0 Å². The van der Waals surface area contributed by atoms with Crippen molar-refractivity contribution in [2.75, 3.05) is 14.7 Å². The first-order valence-corrected chi connectivity index (χ1v) is 34.2. The molecule has 468 valence electrons. The van der Waals surface area contributed by atoms with Crippen LogP contribution >= 0.6 is 0 Å². The Labute approximate surface area is 575 Å². The zero-order valence-electron chi connectivity index (χ0n) is 54.6. The zero-order chi connectivity index (χ0) is 65.8. The molecule has 0 N–H and O–H groups in total. The lowest BCUT2D eigenvalue weighted by Gasteiger charge is -2.45. The maximum Gasteiger partial charge on any atom is 0.252 e. The van der Waals surface area contributed by atoms with Crippen molar-refractivity contribution in [2.45, 2.75) is 13.8 Å². The second-order valence-corrected chi connectivity index (χ2v) is 26.8. The number of para-hydroxylation sites is 8. The van der Waals surface area contributed by atoms with Gasteiger partial charge >= 0.3 is 0 Å². The van der Waals surface area contributed by atoms with Gasteiger partial charge in [0.25, 0.3) is 6.71 Å². The molecule has 21 rings (SSSR count). The number of aryl methyl sites for hydroxylation is 2. The van der Waals surface area contributed by atoms with Crippen molar-refractivity contribution in [2.24, 2.45) is 0 Å². The lowest BCUT2D eigenvalue weighted by Crippen LogP contribution is -2.61. The Hall–Kier alpha value is -13.0. The molecule has 0 radical (unpaired) electrons. The number of benzene rings is 15. The fourth-order valence-corrected chi connectivity index (χ4v) is 16.5. The van der Waals surface area contributed by atoms with E-state index < -0.39 is 0 Å². The highest BCUT2D eigenvalue weighted by atomic mass is 16.3. The minimum absolute atomic E-state index is 0.269. The molecule has 15 aromatic carbocycles. The quantitative estimate of drug-likeness (QED) is 0.133. The summed E-state index contributed by atoms with van der Waals surface area (Å²) in [4.78, 5) is 7.53. The van der Waals surface area contributed by atoms with Gasteiger partial charge in [-0.05, 0) is 161 Å². The first-order valence-electron chi connectivity index (χ1n) is 34.2. The van der Waals surface area contributed by atoms with Crippen LogP contribution in [0.1, 0.15) is 11.1 Å². The summed E-state index contributed by atoms with van der Waals surface area (Å²) in [6.45, 7) is 4.09. The third-order valence-electron chi connectivity index (χ3n) is 20.9. The molecular formula is C92H58BN3O4. The molecule has 0 fully saturated rings. The number of hydrogen-bond donors (Lipinski definition) is 0. The van der Waals surface area contributed by atoms with Crippen LogP contribution < -0.4 is 31.1 Å². The van der Waals surface area contributed by atoms with Crippen LogP contribution in [0.2, 0.25) is 0 Å². The van der Waals surface area contributed by atoms with Gasteiger partial charge in [-0.2, -0.15) is 0 Å². The van der Waals surface area contributed by atoms with Gasteiger partial charge in [0.2, 0.25) is 0 Å². The molecular weight excluding hydrogens is 1220 g/mol. The molecule has 0 amide bonds. The number of nitrogens with zero attached hydrogens (tertiary/aromatic N) is 3. The number of rotatable bonds is 9. The van der Waals surface area contributed by atoms with E-state index in [2.05, 4.69) is 320 Å². The Morgan fingerprint density at radius 3 is 0.960 bits per heavy atom. The summed E-state index contributed by atoms with van der Waals surface area (Å²) in [6.07, 6.45) is 0. The van der Waals surface area contributed by atoms with Gasteiger partial charge < -0.3 is 32.4 Å². The molecule has 0 bridgehead atoms. The summed E-state index contributed by atoms with van der Waals surface area (Å²) in [7, 11) is 0. The van der Waals surface area contributed by atoms with Gasteiger partial charge in [-0.15, -0.1) is 0 Å². The van der Waals surface area contributed by atoms with Gasteiger partial charge in [-0.1, -0.05) is 218 Å². The molecule has 0 atom stereocenters. The highest BCUT2D eigenvalue weighted by Crippen LogP contribution is 2.52. The van der Waals surface area contributed by atoms with Crippen molar-refractivity contribution >= 4 is 162 Å². The Morgan fingerprint density at radius 1 is 0.260 bits per heavy atom. The van der Waals surface area contributed by atoms with Gasteiger partial charge in [-0.25, -0.2) is 0 Å². The van der Waals surface area contributed by atoms with Crippen LogP contribution in [0.15, 0.2) is 333 Å². The summed E-state index contributed by atoms with van der Waals surface area (Å²) >= 11 is 0. The van der Waals surface area contributed by atoms with Crippen LogP contribution in [0.25, 0.3) is 132 Å². The van der Waals surface area contributed by atoms with Crippen LogP contribution in [-0.2, 0) is 0 Å². The number of fused-ring (bicyclic) bond motifs is 16. The minimum atomic E-state index is -0.269. The molecule has 100 heavy (non-hydrogen) atoms. The number of hydrogen-bond acceptors (Lipinski definition) is 7. The van der Waals surface area contributed by atoms with E-state index in [1.54, 1.807) is 0 Å². The third kappa shape index (κ3) is 8.53. The lowest BCUT2D eigenvalue weighted by molar-refractivity contribution is 0.669. The van der Waals surface area contributed by atoms with Crippen LogP contribution in [0.3, 0.4) is 0 Å². The Kier molecular flexibility index (Phi) is 12.2. The van der Waals surface area contributed by atoms with Crippen molar-refractivity contribution in [3.05, 3.63) is 327 Å². The largest absolute Gasteiger partial charge is 0.455 e. The molecule has 0 saturated heterocycles. The van der Waals surface area contributed by atoms with Gasteiger partial charge in [0.05, 0.1) is 5.69 Å². The average Bonchev–Trinajstić information content (AvgIpc) is 0.968. The normalized spacial score (nSPS) is 12.6. The predicted octanol–water partition coefficient (Wildman–Crippen LogP) is 24.1. The molecule has 0 saturated carbocycles. The van der Waals surface area contributed by atoms with E-state index in [4.69, 9.17) is 17.7 Å². The highest BCUT2D eigenvalue weighted by molar-refractivity contribution is 7.00. The average molecular weight is 1280 g/mol. The first kappa shape index (κ1) is 56.2. The van der Waals surface area contributed by atoms with Gasteiger partial charge in [0, 0.05) is 111 Å². The second-order valence-electron chi connectivity index (χ2n) is 26.8. The third-order valence-corrected chi connectivity index (χ3v) is 20.9. The monoisotopic (exact) mass is 1280 g/mol. The molecule has 8 heteroatoms. The summed E-state index contributed by atoms with van der Waals surface area (Å²) < 4.78 is 27.5. The Bertz CT molecular complexity index is 6250. The smallest absolute Gasteiger partial charge is 0.252 e. The second kappa shape index (κ2) is 21.7. The molecule has 0 spiro atoms. The maximum absolute atomic E-state index is 6.90. The summed E-state index contributed by atoms with van der Waals surface area (Å²) in [5.74, 6) is 0. The maximum atomic E-state index is 6.90. The van der Waals surface area contributed by atoms with Crippen molar-refractivity contribution in [1.82, 2.24) is 0 Å². The SMILES string of the molecule is Cc1cccc(N(c2cccc(C)c2)c2cc3c4c(c2)N(c2cccc(-c5cccc6c5oc5ccccc56)c2)c2cc(-c5cccc6c5oc5ccccc56)ccc2B4c2ccc(-c4cccc5c4oc4ccccc45)cc2N3c2cccc(-c3cccc4c3oc3ccccc34)c2)c1. The Balaban J connectivity index is 0.878. The number of anilines is 9.